The third-order valence-electron chi connectivity index (χ3n) is 10.7. The molecule has 4 heterocycles. The molecule has 1 fully saturated rings. The van der Waals surface area contributed by atoms with Gasteiger partial charge in [-0.2, -0.15) is 5.01 Å². The van der Waals surface area contributed by atoms with Crippen molar-refractivity contribution in [3.05, 3.63) is 96.1 Å². The molecule has 3 amide bonds. The van der Waals surface area contributed by atoms with E-state index < -0.39 is 12.1 Å². The number of fused-ring (bicyclic) bond motifs is 1. The summed E-state index contributed by atoms with van der Waals surface area (Å²) in [6.07, 6.45) is 8.07. The molecule has 4 aromatic rings. The average Bonchev–Trinajstić information content (AvgIpc) is 3.46. The minimum Gasteiger partial charge on any atom is -0.453 e. The summed E-state index contributed by atoms with van der Waals surface area (Å²) in [5, 5.41) is 9.32. The third kappa shape index (κ3) is 7.50. The molecule has 0 radical (unpaired) electrons. The fourth-order valence-electron chi connectivity index (χ4n) is 7.75. The summed E-state index contributed by atoms with van der Waals surface area (Å²) in [6.45, 7) is 11.3. The Hall–Kier alpha value is -5.42. The van der Waals surface area contributed by atoms with Crippen molar-refractivity contribution in [2.75, 3.05) is 27.2 Å². The number of hydrogen-bond acceptors (Lipinski definition) is 7. The molecular weight excluding hydrogens is 679 g/mol. The molecule has 282 valence electrons. The summed E-state index contributed by atoms with van der Waals surface area (Å²) >= 11 is 0. The summed E-state index contributed by atoms with van der Waals surface area (Å²) in [5.41, 5.74) is 7.52. The van der Waals surface area contributed by atoms with Crippen molar-refractivity contribution in [3.63, 3.8) is 0 Å². The monoisotopic (exact) mass is 729 g/mol. The Bertz CT molecular complexity index is 2120. The molecule has 3 atom stereocenters. The van der Waals surface area contributed by atoms with Gasteiger partial charge in [0.25, 0.3) is 0 Å². The third-order valence-corrected chi connectivity index (χ3v) is 10.7. The second-order valence-corrected chi connectivity index (χ2v) is 15.6. The highest BCUT2D eigenvalue weighted by Gasteiger charge is 2.39. The van der Waals surface area contributed by atoms with Crippen molar-refractivity contribution in [2.24, 2.45) is 11.8 Å². The van der Waals surface area contributed by atoms with Gasteiger partial charge in [-0.1, -0.05) is 87.9 Å². The van der Waals surface area contributed by atoms with Crippen LogP contribution >= 0.6 is 0 Å². The molecule has 7 rings (SSSR count). The lowest BCUT2D eigenvalue weighted by atomic mass is 9.98. The van der Waals surface area contributed by atoms with Gasteiger partial charge < -0.3 is 24.8 Å². The van der Waals surface area contributed by atoms with E-state index in [0.29, 0.717) is 24.7 Å². The molecule has 1 saturated heterocycles. The number of amides is 3. The van der Waals surface area contributed by atoms with Gasteiger partial charge in [0.15, 0.2) is 0 Å². The van der Waals surface area contributed by atoms with E-state index in [1.807, 2.05) is 37.9 Å². The molecule has 3 aliphatic rings. The maximum Gasteiger partial charge on any atom is 0.407 e. The lowest BCUT2D eigenvalue weighted by Gasteiger charge is -2.34. The highest BCUT2D eigenvalue weighted by molar-refractivity contribution is 5.91. The van der Waals surface area contributed by atoms with Crippen LogP contribution in [0.3, 0.4) is 0 Å². The second-order valence-electron chi connectivity index (χ2n) is 15.6. The highest BCUT2D eigenvalue weighted by Crippen LogP contribution is 2.38. The number of aromatic amines is 1. The molecule has 11 nitrogen and oxygen atoms in total. The number of ether oxygens (including phenoxy) is 1. The molecule has 1 aromatic heterocycles. The predicted octanol–water partition coefficient (Wildman–Crippen LogP) is 7.56. The summed E-state index contributed by atoms with van der Waals surface area (Å²) < 4.78 is 4.77. The zero-order valence-corrected chi connectivity index (χ0v) is 32.3. The van der Waals surface area contributed by atoms with E-state index in [-0.39, 0.29) is 29.9 Å². The van der Waals surface area contributed by atoms with Crippen LogP contribution in [0, 0.1) is 11.8 Å². The Labute approximate surface area is 317 Å². The SMILES string of the molecule is COC(=O)NC(C(=O)N1CC(C)=CC1c1ncc(-c2ccc3cc(-c4ccc(C5=CN5N(C)[C@@H]5CCCN5C(=O)CC(C)C)cc4)ccc3c2)[nH]1)C(C)C. The maximum absolute atomic E-state index is 13.7. The molecule has 11 heteroatoms. The number of imidazole rings is 1. The second kappa shape index (κ2) is 15.1. The normalized spacial score (nSPS) is 18.8. The van der Waals surface area contributed by atoms with Crippen molar-refractivity contribution in [1.29, 1.82) is 0 Å². The van der Waals surface area contributed by atoms with Crippen molar-refractivity contribution in [1.82, 2.24) is 35.1 Å². The fourth-order valence-corrected chi connectivity index (χ4v) is 7.75. The molecule has 0 spiro atoms. The smallest absolute Gasteiger partial charge is 0.407 e. The molecule has 0 aliphatic carbocycles. The molecule has 0 bridgehead atoms. The molecule has 0 saturated carbocycles. The van der Waals surface area contributed by atoms with Crippen LogP contribution < -0.4 is 5.32 Å². The number of alkyl carbamates (subject to hydrolysis) is 1. The first-order chi connectivity index (χ1) is 25.9. The van der Waals surface area contributed by atoms with E-state index in [1.165, 1.54) is 7.11 Å². The van der Waals surface area contributed by atoms with Gasteiger partial charge in [0.2, 0.25) is 11.8 Å². The van der Waals surface area contributed by atoms with Gasteiger partial charge in [-0.15, -0.1) is 0 Å². The van der Waals surface area contributed by atoms with Gasteiger partial charge in [0.1, 0.15) is 24.1 Å². The Morgan fingerprint density at radius 1 is 0.944 bits per heavy atom. The zero-order chi connectivity index (χ0) is 38.3. The van der Waals surface area contributed by atoms with Crippen molar-refractivity contribution in [3.8, 4) is 22.4 Å². The number of likely N-dealkylation sites (tertiary alicyclic amines) is 1. The molecule has 2 unspecified atom stereocenters. The molecule has 3 aliphatic heterocycles. The molecular formula is C43H51N7O4. The number of carbonyl (C=O) groups is 3. The van der Waals surface area contributed by atoms with Crippen LogP contribution in [0.25, 0.3) is 38.9 Å². The number of benzene rings is 3. The molecule has 2 N–H and O–H groups in total. The van der Waals surface area contributed by atoms with E-state index in [1.54, 1.807) is 4.90 Å². The van der Waals surface area contributed by atoms with Gasteiger partial charge in [-0.05, 0) is 65.6 Å². The summed E-state index contributed by atoms with van der Waals surface area (Å²) in [5.74, 6) is 0.973. The number of H-pyrrole nitrogens is 1. The number of hydrazine groups is 1. The number of nitrogens with one attached hydrogen (secondary N) is 2. The van der Waals surface area contributed by atoms with Crippen LogP contribution in [0.4, 0.5) is 4.79 Å². The Morgan fingerprint density at radius 2 is 1.61 bits per heavy atom. The van der Waals surface area contributed by atoms with Gasteiger partial charge in [-0.3, -0.25) is 14.6 Å². The van der Waals surface area contributed by atoms with Crippen LogP contribution in [-0.2, 0) is 14.3 Å². The Kier molecular flexibility index (Phi) is 10.3. The highest BCUT2D eigenvalue weighted by atomic mass is 16.5. The summed E-state index contributed by atoms with van der Waals surface area (Å²) in [4.78, 5) is 50.5. The van der Waals surface area contributed by atoms with Crippen LogP contribution in [0.15, 0.2) is 84.7 Å². The predicted molar refractivity (Wildman–Crippen MR) is 211 cm³/mol. The van der Waals surface area contributed by atoms with E-state index in [9.17, 15) is 14.4 Å². The minimum atomic E-state index is -0.716. The maximum atomic E-state index is 13.7. The van der Waals surface area contributed by atoms with Crippen LogP contribution in [-0.4, -0.2) is 87.1 Å². The van der Waals surface area contributed by atoms with E-state index in [2.05, 4.69) is 108 Å². The lowest BCUT2D eigenvalue weighted by molar-refractivity contribution is -0.138. The summed E-state index contributed by atoms with van der Waals surface area (Å²) in [7, 11) is 3.37. The first-order valence-corrected chi connectivity index (χ1v) is 19.0. The fraction of sp³-hybridized carbons (Fsp3) is 0.395. The Balaban J connectivity index is 1.02. The van der Waals surface area contributed by atoms with Gasteiger partial charge >= 0.3 is 6.09 Å². The number of hydrogen-bond donors (Lipinski definition) is 2. The quantitative estimate of drug-likeness (QED) is 0.153. The zero-order valence-electron chi connectivity index (χ0n) is 32.3. The Morgan fingerprint density at radius 3 is 2.30 bits per heavy atom. The van der Waals surface area contributed by atoms with Crippen molar-refractivity contribution < 1.29 is 19.1 Å². The lowest BCUT2D eigenvalue weighted by Crippen LogP contribution is -2.51. The first kappa shape index (κ1) is 36.9. The number of aromatic nitrogens is 2. The van der Waals surface area contributed by atoms with Gasteiger partial charge in [0.05, 0.1) is 24.7 Å². The standard InChI is InChI=1S/C43H51N7O4/c1-26(2)19-39(51)48-18-8-9-38(48)47(6)50-25-37(50)30-12-10-29(11-13-30)31-14-15-33-22-34(17-16-32(33)21-31)35-23-44-41(45-35)36-20-28(5)24-49(36)42(52)40(27(3)4)46-43(53)54-7/h10-17,20-23,25-27,36,38,40H,8-9,18-19,24H2,1-7H3,(H,44,45)(H,46,53)/t36?,38-,40?,50?/m0/s1. The first-order valence-electron chi connectivity index (χ1n) is 19.0. The summed E-state index contributed by atoms with van der Waals surface area (Å²) in [6, 6.07) is 20.5. The largest absolute Gasteiger partial charge is 0.453 e. The van der Waals surface area contributed by atoms with Crippen LogP contribution in [0.5, 0.6) is 0 Å². The molecule has 54 heavy (non-hydrogen) atoms. The topological polar surface area (TPSA) is 114 Å². The molecule has 3 aromatic carbocycles. The van der Waals surface area contributed by atoms with E-state index >= 15 is 0 Å². The van der Waals surface area contributed by atoms with Gasteiger partial charge in [0, 0.05) is 43.9 Å². The van der Waals surface area contributed by atoms with Gasteiger partial charge in [-0.25, -0.2) is 9.78 Å². The minimum absolute atomic E-state index is 0.0910. The van der Waals surface area contributed by atoms with Crippen LogP contribution in [0.2, 0.25) is 0 Å². The number of nitrogens with zero attached hydrogens (tertiary/aromatic N) is 5. The van der Waals surface area contributed by atoms with E-state index in [0.717, 1.165) is 69.4 Å². The van der Waals surface area contributed by atoms with Crippen molar-refractivity contribution >= 4 is 34.4 Å². The van der Waals surface area contributed by atoms with Crippen molar-refractivity contribution in [2.45, 2.75) is 72.1 Å². The number of carbonyl (C=O) groups excluding carboxylic acids is 3. The van der Waals surface area contributed by atoms with E-state index in [4.69, 9.17) is 9.72 Å². The number of rotatable bonds is 11. The van der Waals surface area contributed by atoms with Crippen LogP contribution in [0.1, 0.15) is 71.3 Å². The number of methoxy groups -OCH3 is 1. The average molecular weight is 730 g/mol.